The Kier molecular flexibility index (Phi) is 2.98. The highest BCUT2D eigenvalue weighted by Crippen LogP contribution is 2.36. The van der Waals surface area contributed by atoms with E-state index in [2.05, 4.69) is 35.6 Å². The summed E-state index contributed by atoms with van der Waals surface area (Å²) < 4.78 is 0. The molecule has 17 heavy (non-hydrogen) atoms. The van der Waals surface area contributed by atoms with Crippen LogP contribution in [0.5, 0.6) is 0 Å². The summed E-state index contributed by atoms with van der Waals surface area (Å²) in [5, 5.41) is 3.39. The lowest BCUT2D eigenvalue weighted by Gasteiger charge is -2.32. The van der Waals surface area contributed by atoms with Crippen molar-refractivity contribution in [1.82, 2.24) is 5.32 Å². The summed E-state index contributed by atoms with van der Waals surface area (Å²) in [5.41, 5.74) is 1.41. The molecule has 3 atom stereocenters. The van der Waals surface area contributed by atoms with Gasteiger partial charge in [0.05, 0.1) is 0 Å². The van der Waals surface area contributed by atoms with Gasteiger partial charge in [0.25, 0.3) is 0 Å². The predicted octanol–water partition coefficient (Wildman–Crippen LogP) is 2.04. The van der Waals surface area contributed by atoms with Crippen LogP contribution in [0.15, 0.2) is 30.3 Å². The van der Waals surface area contributed by atoms with Crippen LogP contribution in [0.25, 0.3) is 0 Å². The average molecular weight is 229 g/mol. The predicted molar refractivity (Wildman–Crippen MR) is 67.7 cm³/mol. The minimum absolute atomic E-state index is 0.303. The first-order chi connectivity index (χ1) is 8.34. The number of carbonyl (C=O) groups is 1. The lowest BCUT2D eigenvalue weighted by Crippen LogP contribution is -2.34. The zero-order valence-electron chi connectivity index (χ0n) is 10.1. The van der Waals surface area contributed by atoms with Crippen molar-refractivity contribution in [1.29, 1.82) is 0 Å². The van der Waals surface area contributed by atoms with E-state index < -0.39 is 0 Å². The Balaban J connectivity index is 1.73. The van der Waals surface area contributed by atoms with Gasteiger partial charge in [-0.2, -0.15) is 0 Å². The molecular weight excluding hydrogens is 210 g/mol. The maximum absolute atomic E-state index is 11.8. The van der Waals surface area contributed by atoms with Crippen molar-refractivity contribution in [2.45, 2.75) is 19.3 Å². The highest BCUT2D eigenvalue weighted by atomic mass is 16.1. The van der Waals surface area contributed by atoms with Gasteiger partial charge in [0.1, 0.15) is 5.78 Å². The SMILES string of the molecule is O=C1CCC(Cc2ccccc2)C2CNCC12. The van der Waals surface area contributed by atoms with Gasteiger partial charge in [-0.05, 0) is 36.8 Å². The molecule has 1 aromatic carbocycles. The number of hydrogen-bond acceptors (Lipinski definition) is 2. The minimum Gasteiger partial charge on any atom is -0.316 e. The summed E-state index contributed by atoms with van der Waals surface area (Å²) in [6, 6.07) is 10.7. The first kappa shape index (κ1) is 11.0. The smallest absolute Gasteiger partial charge is 0.137 e. The molecule has 3 rings (SSSR count). The molecule has 0 aromatic heterocycles. The second-order valence-corrected chi connectivity index (χ2v) is 5.38. The fraction of sp³-hybridized carbons (Fsp3) is 0.533. The Bertz CT molecular complexity index is 401. The molecule has 0 amide bonds. The number of Topliss-reactive ketones (excluding diaryl/α,β-unsaturated/α-hetero) is 1. The molecule has 0 bridgehead atoms. The highest BCUT2D eigenvalue weighted by Gasteiger charge is 2.41. The van der Waals surface area contributed by atoms with Crippen LogP contribution in [-0.2, 0) is 11.2 Å². The Morgan fingerprint density at radius 1 is 1.18 bits per heavy atom. The van der Waals surface area contributed by atoms with Crippen molar-refractivity contribution in [3.8, 4) is 0 Å². The molecule has 2 nitrogen and oxygen atoms in total. The van der Waals surface area contributed by atoms with Crippen LogP contribution in [0.1, 0.15) is 18.4 Å². The second-order valence-electron chi connectivity index (χ2n) is 5.38. The van der Waals surface area contributed by atoms with Gasteiger partial charge in [0.15, 0.2) is 0 Å². The van der Waals surface area contributed by atoms with E-state index in [0.29, 0.717) is 23.5 Å². The molecule has 3 unspecified atom stereocenters. The Labute approximate surface area is 102 Å². The number of benzene rings is 1. The third-order valence-electron chi connectivity index (χ3n) is 4.38. The van der Waals surface area contributed by atoms with Crippen molar-refractivity contribution in [3.05, 3.63) is 35.9 Å². The molecule has 2 fully saturated rings. The van der Waals surface area contributed by atoms with Gasteiger partial charge in [0, 0.05) is 18.9 Å². The normalized spacial score (nSPS) is 32.5. The fourth-order valence-corrected chi connectivity index (χ4v) is 3.44. The van der Waals surface area contributed by atoms with Gasteiger partial charge in [-0.3, -0.25) is 4.79 Å². The number of hydrogen-bond donors (Lipinski definition) is 1. The minimum atomic E-state index is 0.303. The second kappa shape index (κ2) is 4.61. The van der Waals surface area contributed by atoms with E-state index in [1.54, 1.807) is 0 Å². The Hall–Kier alpha value is -1.15. The highest BCUT2D eigenvalue weighted by molar-refractivity contribution is 5.82. The summed E-state index contributed by atoms with van der Waals surface area (Å²) in [6.07, 6.45) is 3.01. The first-order valence-corrected chi connectivity index (χ1v) is 6.62. The third-order valence-corrected chi connectivity index (χ3v) is 4.38. The molecule has 90 valence electrons. The van der Waals surface area contributed by atoms with Gasteiger partial charge >= 0.3 is 0 Å². The lowest BCUT2D eigenvalue weighted by atomic mass is 9.71. The van der Waals surface area contributed by atoms with Crippen LogP contribution in [0.3, 0.4) is 0 Å². The lowest BCUT2D eigenvalue weighted by molar-refractivity contribution is -0.126. The Morgan fingerprint density at radius 2 is 2.00 bits per heavy atom. The van der Waals surface area contributed by atoms with Crippen LogP contribution < -0.4 is 5.32 Å². The van der Waals surface area contributed by atoms with Crippen LogP contribution in [0.4, 0.5) is 0 Å². The van der Waals surface area contributed by atoms with Crippen LogP contribution in [0.2, 0.25) is 0 Å². The van der Waals surface area contributed by atoms with E-state index in [0.717, 1.165) is 32.4 Å². The van der Waals surface area contributed by atoms with E-state index in [1.165, 1.54) is 5.56 Å². The summed E-state index contributed by atoms with van der Waals surface area (Å²) in [6.45, 7) is 1.95. The molecule has 1 saturated heterocycles. The zero-order valence-corrected chi connectivity index (χ0v) is 10.1. The number of carbonyl (C=O) groups excluding carboxylic acids is 1. The molecule has 1 aromatic rings. The fourth-order valence-electron chi connectivity index (χ4n) is 3.44. The maximum Gasteiger partial charge on any atom is 0.137 e. The first-order valence-electron chi connectivity index (χ1n) is 6.62. The molecular formula is C15H19NO. The van der Waals surface area contributed by atoms with E-state index in [-0.39, 0.29) is 0 Å². The zero-order chi connectivity index (χ0) is 11.7. The third kappa shape index (κ3) is 2.14. The van der Waals surface area contributed by atoms with Crippen molar-refractivity contribution < 1.29 is 4.79 Å². The number of rotatable bonds is 2. The number of nitrogens with one attached hydrogen (secondary N) is 1. The monoisotopic (exact) mass is 229 g/mol. The van der Waals surface area contributed by atoms with Crippen LogP contribution in [-0.4, -0.2) is 18.9 Å². The van der Waals surface area contributed by atoms with Crippen molar-refractivity contribution in [2.75, 3.05) is 13.1 Å². The van der Waals surface area contributed by atoms with E-state index in [9.17, 15) is 4.79 Å². The molecule has 0 radical (unpaired) electrons. The largest absolute Gasteiger partial charge is 0.316 e. The number of fused-ring (bicyclic) bond motifs is 1. The van der Waals surface area contributed by atoms with Gasteiger partial charge in [-0.15, -0.1) is 0 Å². The molecule has 0 spiro atoms. The van der Waals surface area contributed by atoms with Crippen LogP contribution in [0, 0.1) is 17.8 Å². The molecule has 2 heteroatoms. The van der Waals surface area contributed by atoms with Crippen molar-refractivity contribution >= 4 is 5.78 Å². The van der Waals surface area contributed by atoms with E-state index in [4.69, 9.17) is 0 Å². The maximum atomic E-state index is 11.8. The quantitative estimate of drug-likeness (QED) is 0.841. The molecule has 1 heterocycles. The Morgan fingerprint density at radius 3 is 2.82 bits per heavy atom. The summed E-state index contributed by atoms with van der Waals surface area (Å²) in [7, 11) is 0. The molecule has 1 aliphatic carbocycles. The summed E-state index contributed by atoms with van der Waals surface area (Å²) >= 11 is 0. The van der Waals surface area contributed by atoms with Gasteiger partial charge in [0.2, 0.25) is 0 Å². The number of ketones is 1. The molecule has 1 saturated carbocycles. The topological polar surface area (TPSA) is 29.1 Å². The molecule has 1 N–H and O–H groups in total. The molecule has 1 aliphatic heterocycles. The summed E-state index contributed by atoms with van der Waals surface area (Å²) in [5.74, 6) is 2.06. The average Bonchev–Trinajstić information content (AvgIpc) is 2.84. The van der Waals surface area contributed by atoms with Gasteiger partial charge in [-0.1, -0.05) is 30.3 Å². The van der Waals surface area contributed by atoms with E-state index in [1.807, 2.05) is 0 Å². The van der Waals surface area contributed by atoms with Gasteiger partial charge < -0.3 is 5.32 Å². The van der Waals surface area contributed by atoms with Gasteiger partial charge in [-0.25, -0.2) is 0 Å². The van der Waals surface area contributed by atoms with Crippen molar-refractivity contribution in [3.63, 3.8) is 0 Å². The summed E-state index contributed by atoms with van der Waals surface area (Å²) in [4.78, 5) is 11.8. The molecule has 2 aliphatic rings. The van der Waals surface area contributed by atoms with Crippen molar-refractivity contribution in [2.24, 2.45) is 17.8 Å². The van der Waals surface area contributed by atoms with E-state index >= 15 is 0 Å². The van der Waals surface area contributed by atoms with Crippen LogP contribution >= 0.6 is 0 Å². The standard InChI is InChI=1S/C15H19NO/c17-15-7-6-12(13-9-16-10-14(13)15)8-11-4-2-1-3-5-11/h1-5,12-14,16H,6-10H2.